The molecule has 0 saturated carbocycles. The number of benzene rings is 2. The molecule has 2 aromatic carbocycles. The fourth-order valence-electron chi connectivity index (χ4n) is 2.90. The molecular formula is C25H24ClN3O6S. The molecule has 0 aliphatic carbocycles. The third kappa shape index (κ3) is 7.43. The van der Waals surface area contributed by atoms with Crippen LogP contribution in [0.3, 0.4) is 0 Å². The van der Waals surface area contributed by atoms with Crippen molar-refractivity contribution in [1.29, 1.82) is 0 Å². The van der Waals surface area contributed by atoms with Crippen molar-refractivity contribution in [2.24, 2.45) is 4.99 Å². The number of nitrogens with one attached hydrogen (secondary N) is 1. The van der Waals surface area contributed by atoms with Gasteiger partial charge < -0.3 is 14.8 Å². The number of carbonyl (C=O) groups excluding carboxylic acids is 4. The first-order chi connectivity index (χ1) is 17.0. The van der Waals surface area contributed by atoms with Gasteiger partial charge in [-0.25, -0.2) is 9.59 Å². The molecule has 1 saturated heterocycles. The van der Waals surface area contributed by atoms with E-state index in [1.165, 1.54) is 11.0 Å². The van der Waals surface area contributed by atoms with Gasteiger partial charge in [0.1, 0.15) is 12.2 Å². The average molecular weight is 530 g/mol. The van der Waals surface area contributed by atoms with Gasteiger partial charge in [-0.05, 0) is 56.8 Å². The van der Waals surface area contributed by atoms with Gasteiger partial charge in [0.2, 0.25) is 0 Å². The second kappa shape index (κ2) is 11.9. The van der Waals surface area contributed by atoms with Crippen LogP contribution in [0.2, 0.25) is 5.02 Å². The number of anilines is 1. The Morgan fingerprint density at radius 3 is 2.42 bits per heavy atom. The van der Waals surface area contributed by atoms with Gasteiger partial charge in [0.25, 0.3) is 11.8 Å². The monoisotopic (exact) mass is 529 g/mol. The predicted octanol–water partition coefficient (Wildman–Crippen LogP) is 4.57. The molecule has 0 aromatic heterocycles. The number of amidine groups is 1. The standard InChI is InChI=1S/C25H24ClN3O6S/c1-25(2,3)35-24(33)27-13-14-34-20(30)15-19-22(32)29(16-9-5-4-6-10-16)23(36-19)28-21(31)17-11-7-8-12-18(17)26/h4-12,15H,13-14H2,1-3H3,(H,27,33). The number of para-hydroxylation sites is 1. The summed E-state index contributed by atoms with van der Waals surface area (Å²) in [6.45, 7) is 5.09. The first-order valence-corrected chi connectivity index (χ1v) is 12.0. The minimum Gasteiger partial charge on any atom is -0.461 e. The molecule has 1 heterocycles. The van der Waals surface area contributed by atoms with Crippen LogP contribution < -0.4 is 10.2 Å². The average Bonchev–Trinajstić information content (AvgIpc) is 3.10. The maximum Gasteiger partial charge on any atom is 0.407 e. The lowest BCUT2D eigenvalue weighted by Gasteiger charge is -2.19. The van der Waals surface area contributed by atoms with Crippen LogP contribution in [0.5, 0.6) is 0 Å². The zero-order valence-electron chi connectivity index (χ0n) is 19.8. The fourth-order valence-corrected chi connectivity index (χ4v) is 4.06. The third-order valence-electron chi connectivity index (χ3n) is 4.39. The summed E-state index contributed by atoms with van der Waals surface area (Å²) < 4.78 is 10.2. The van der Waals surface area contributed by atoms with Crippen molar-refractivity contribution in [3.8, 4) is 0 Å². The Kier molecular flexibility index (Phi) is 8.89. The van der Waals surface area contributed by atoms with Gasteiger partial charge in [-0.15, -0.1) is 0 Å². The van der Waals surface area contributed by atoms with Crippen LogP contribution in [-0.2, 0) is 19.1 Å². The van der Waals surface area contributed by atoms with E-state index in [9.17, 15) is 19.2 Å². The van der Waals surface area contributed by atoms with Crippen LogP contribution in [0.4, 0.5) is 10.5 Å². The Bertz CT molecular complexity index is 1220. The number of amides is 3. The molecule has 3 rings (SSSR count). The fraction of sp³-hybridized carbons (Fsp3) is 0.240. The van der Waals surface area contributed by atoms with Crippen molar-refractivity contribution >= 4 is 58.1 Å². The van der Waals surface area contributed by atoms with Gasteiger partial charge >= 0.3 is 12.1 Å². The molecule has 9 nitrogen and oxygen atoms in total. The molecule has 36 heavy (non-hydrogen) atoms. The van der Waals surface area contributed by atoms with Crippen LogP contribution in [0.25, 0.3) is 0 Å². The Morgan fingerprint density at radius 1 is 1.08 bits per heavy atom. The van der Waals surface area contributed by atoms with Crippen molar-refractivity contribution in [1.82, 2.24) is 5.32 Å². The molecule has 1 N–H and O–H groups in total. The molecule has 1 aliphatic rings. The van der Waals surface area contributed by atoms with Gasteiger partial charge in [-0.2, -0.15) is 4.99 Å². The molecule has 0 bridgehead atoms. The zero-order chi connectivity index (χ0) is 26.3. The van der Waals surface area contributed by atoms with Crippen LogP contribution in [0.15, 0.2) is 70.6 Å². The van der Waals surface area contributed by atoms with Crippen LogP contribution in [0, 0.1) is 0 Å². The lowest BCUT2D eigenvalue weighted by Crippen LogP contribution is -2.34. The highest BCUT2D eigenvalue weighted by molar-refractivity contribution is 8.19. The third-order valence-corrected chi connectivity index (χ3v) is 5.68. The molecule has 0 atom stereocenters. The van der Waals surface area contributed by atoms with Crippen LogP contribution in [-0.4, -0.2) is 47.8 Å². The summed E-state index contributed by atoms with van der Waals surface area (Å²) >= 11 is 6.97. The van der Waals surface area contributed by atoms with E-state index in [0.29, 0.717) is 5.69 Å². The number of hydrogen-bond donors (Lipinski definition) is 1. The highest BCUT2D eigenvalue weighted by Crippen LogP contribution is 2.35. The number of thioether (sulfide) groups is 1. The van der Waals surface area contributed by atoms with Crippen molar-refractivity contribution < 1.29 is 28.7 Å². The topological polar surface area (TPSA) is 114 Å². The number of halogens is 1. The van der Waals surface area contributed by atoms with Gasteiger partial charge in [0.05, 0.1) is 27.7 Å². The Labute approximate surface area is 217 Å². The number of alkyl carbamates (subject to hydrolysis) is 1. The molecular weight excluding hydrogens is 506 g/mol. The molecule has 1 fully saturated rings. The zero-order valence-corrected chi connectivity index (χ0v) is 21.4. The van der Waals surface area contributed by atoms with Crippen molar-refractivity contribution in [3.05, 3.63) is 76.2 Å². The Morgan fingerprint density at radius 2 is 1.75 bits per heavy atom. The quantitative estimate of drug-likeness (QED) is 0.331. The summed E-state index contributed by atoms with van der Waals surface area (Å²) in [6.07, 6.45) is 0.389. The number of rotatable bonds is 6. The number of hydrogen-bond acceptors (Lipinski definition) is 7. The lowest BCUT2D eigenvalue weighted by molar-refractivity contribution is -0.137. The second-order valence-electron chi connectivity index (χ2n) is 8.36. The predicted molar refractivity (Wildman–Crippen MR) is 138 cm³/mol. The molecule has 188 valence electrons. The summed E-state index contributed by atoms with van der Waals surface area (Å²) in [5.41, 5.74) is 0.00334. The number of nitrogens with zero attached hydrogens (tertiary/aromatic N) is 2. The lowest BCUT2D eigenvalue weighted by atomic mass is 10.2. The molecule has 0 spiro atoms. The van der Waals surface area contributed by atoms with Gasteiger partial charge in [-0.1, -0.05) is 41.9 Å². The maximum atomic E-state index is 13.1. The van der Waals surface area contributed by atoms with E-state index >= 15 is 0 Å². The highest BCUT2D eigenvalue weighted by atomic mass is 35.5. The van der Waals surface area contributed by atoms with Crippen molar-refractivity contribution in [3.63, 3.8) is 0 Å². The smallest absolute Gasteiger partial charge is 0.407 e. The SMILES string of the molecule is CC(C)(C)OC(=O)NCCOC(=O)C=C1SC(=NC(=O)c2ccccc2Cl)N(c2ccccc2)C1=O. The van der Waals surface area contributed by atoms with E-state index in [0.717, 1.165) is 17.8 Å². The largest absolute Gasteiger partial charge is 0.461 e. The van der Waals surface area contributed by atoms with E-state index in [1.54, 1.807) is 69.3 Å². The van der Waals surface area contributed by atoms with Crippen molar-refractivity contribution in [2.75, 3.05) is 18.1 Å². The Balaban J connectivity index is 1.73. The second-order valence-corrected chi connectivity index (χ2v) is 9.78. The molecule has 11 heteroatoms. The summed E-state index contributed by atoms with van der Waals surface area (Å²) in [4.78, 5) is 55.2. The maximum absolute atomic E-state index is 13.1. The minimum atomic E-state index is -0.788. The molecule has 2 aromatic rings. The summed E-state index contributed by atoms with van der Waals surface area (Å²) in [5, 5.41) is 2.77. The summed E-state index contributed by atoms with van der Waals surface area (Å²) in [5.74, 6) is -1.96. The first-order valence-electron chi connectivity index (χ1n) is 10.9. The number of aliphatic imine (C=N–C) groups is 1. The Hall–Kier alpha value is -3.63. The molecule has 0 unspecified atom stereocenters. The first kappa shape index (κ1) is 27.0. The van der Waals surface area contributed by atoms with E-state index in [-0.39, 0.29) is 33.8 Å². The van der Waals surface area contributed by atoms with Gasteiger partial charge in [-0.3, -0.25) is 14.5 Å². The van der Waals surface area contributed by atoms with E-state index in [4.69, 9.17) is 21.1 Å². The highest BCUT2D eigenvalue weighted by Gasteiger charge is 2.36. The number of esters is 1. The van der Waals surface area contributed by atoms with Crippen LogP contribution >= 0.6 is 23.4 Å². The normalized spacial score (nSPS) is 15.8. The summed E-state index contributed by atoms with van der Waals surface area (Å²) in [7, 11) is 0. The van der Waals surface area contributed by atoms with E-state index in [2.05, 4.69) is 10.3 Å². The minimum absolute atomic E-state index is 0.0228. The summed E-state index contributed by atoms with van der Waals surface area (Å²) in [6, 6.07) is 15.0. The van der Waals surface area contributed by atoms with E-state index < -0.39 is 29.5 Å². The van der Waals surface area contributed by atoms with Gasteiger partial charge in [0.15, 0.2) is 5.17 Å². The number of carbonyl (C=O) groups is 4. The number of ether oxygens (including phenoxy) is 2. The van der Waals surface area contributed by atoms with E-state index in [1.807, 2.05) is 0 Å². The molecule has 1 aliphatic heterocycles. The van der Waals surface area contributed by atoms with Gasteiger partial charge in [0, 0.05) is 6.08 Å². The van der Waals surface area contributed by atoms with Crippen molar-refractivity contribution in [2.45, 2.75) is 26.4 Å². The molecule has 3 amide bonds. The van der Waals surface area contributed by atoms with Crippen LogP contribution in [0.1, 0.15) is 31.1 Å². The molecule has 0 radical (unpaired) electrons.